The maximum atomic E-state index is 2.42. The number of fused-ring (bicyclic) bond motifs is 4. The van der Waals surface area contributed by atoms with Crippen LogP contribution in [0.2, 0.25) is 0 Å². The summed E-state index contributed by atoms with van der Waals surface area (Å²) in [7, 11) is 0. The number of para-hydroxylation sites is 1. The van der Waals surface area contributed by atoms with Crippen LogP contribution in [-0.2, 0) is 0 Å². The molecule has 1 heterocycles. The predicted molar refractivity (Wildman–Crippen MR) is 255 cm³/mol. The average Bonchev–Trinajstić information content (AvgIpc) is 3.65. The number of aromatic nitrogens is 1. The van der Waals surface area contributed by atoms with Gasteiger partial charge in [0.2, 0.25) is 0 Å². The van der Waals surface area contributed by atoms with Crippen molar-refractivity contribution in [3.63, 3.8) is 0 Å². The first-order valence-electron chi connectivity index (χ1n) is 20.6. The lowest BCUT2D eigenvalue weighted by Crippen LogP contribution is -2.10. The fourth-order valence-electron chi connectivity index (χ4n) is 8.85. The fourth-order valence-corrected chi connectivity index (χ4v) is 8.85. The van der Waals surface area contributed by atoms with E-state index in [2.05, 4.69) is 252 Å². The minimum absolute atomic E-state index is 1.09. The molecule has 0 bridgehead atoms. The Morgan fingerprint density at radius 3 is 1.38 bits per heavy atom. The molecule has 0 amide bonds. The van der Waals surface area contributed by atoms with E-state index in [0.29, 0.717) is 0 Å². The Labute approximate surface area is 350 Å². The van der Waals surface area contributed by atoms with Crippen LogP contribution in [-0.4, -0.2) is 4.57 Å². The Balaban J connectivity index is 1.05. The van der Waals surface area contributed by atoms with E-state index < -0.39 is 0 Å². The minimum Gasteiger partial charge on any atom is -0.310 e. The van der Waals surface area contributed by atoms with E-state index in [1.165, 1.54) is 71.5 Å². The van der Waals surface area contributed by atoms with Gasteiger partial charge < -0.3 is 9.47 Å². The van der Waals surface area contributed by atoms with Gasteiger partial charge in [0.25, 0.3) is 0 Å². The molecular weight excluding hydrogens is 725 g/mol. The number of nitrogens with zero attached hydrogens (tertiary/aromatic N) is 2. The molecule has 0 N–H and O–H groups in total. The molecule has 0 saturated carbocycles. The number of rotatable bonds is 8. The summed E-state index contributed by atoms with van der Waals surface area (Å²) in [6, 6.07) is 87.9. The third kappa shape index (κ3) is 6.41. The Kier molecular flexibility index (Phi) is 8.87. The summed E-state index contributed by atoms with van der Waals surface area (Å²) >= 11 is 0. The normalized spacial score (nSPS) is 11.3. The highest BCUT2D eigenvalue weighted by atomic mass is 15.1. The highest BCUT2D eigenvalue weighted by Crippen LogP contribution is 2.43. The molecule has 0 atom stereocenters. The Morgan fingerprint density at radius 1 is 0.283 bits per heavy atom. The number of anilines is 3. The molecule has 11 aromatic rings. The van der Waals surface area contributed by atoms with Crippen molar-refractivity contribution in [2.75, 3.05) is 4.90 Å². The molecule has 0 spiro atoms. The maximum absolute atomic E-state index is 2.42. The second-order valence-corrected chi connectivity index (χ2v) is 15.4. The largest absolute Gasteiger partial charge is 0.310 e. The molecular formula is C58H40N2. The van der Waals surface area contributed by atoms with Crippen LogP contribution in [0.1, 0.15) is 0 Å². The molecule has 0 unspecified atom stereocenters. The van der Waals surface area contributed by atoms with Crippen LogP contribution in [0, 0.1) is 0 Å². The molecule has 0 aliphatic rings. The summed E-state index contributed by atoms with van der Waals surface area (Å²) in [4.78, 5) is 2.39. The van der Waals surface area contributed by atoms with Crippen molar-refractivity contribution >= 4 is 49.6 Å². The molecule has 0 aliphatic heterocycles. The van der Waals surface area contributed by atoms with Gasteiger partial charge in [-0.1, -0.05) is 176 Å². The Hall–Kier alpha value is -7.94. The van der Waals surface area contributed by atoms with Crippen molar-refractivity contribution < 1.29 is 0 Å². The van der Waals surface area contributed by atoms with E-state index in [9.17, 15) is 0 Å². The highest BCUT2D eigenvalue weighted by Gasteiger charge is 2.19. The number of hydrogen-bond acceptors (Lipinski definition) is 1. The monoisotopic (exact) mass is 764 g/mol. The van der Waals surface area contributed by atoms with Crippen LogP contribution >= 0.6 is 0 Å². The maximum Gasteiger partial charge on any atom is 0.0547 e. The van der Waals surface area contributed by atoms with Crippen molar-refractivity contribution in [1.29, 1.82) is 0 Å². The van der Waals surface area contributed by atoms with Crippen LogP contribution in [0.3, 0.4) is 0 Å². The quantitative estimate of drug-likeness (QED) is 0.150. The van der Waals surface area contributed by atoms with Crippen molar-refractivity contribution in [3.8, 4) is 50.2 Å². The lowest BCUT2D eigenvalue weighted by atomic mass is 9.97. The lowest BCUT2D eigenvalue weighted by molar-refractivity contribution is 1.18. The van der Waals surface area contributed by atoms with E-state index in [1.807, 2.05) is 0 Å². The lowest BCUT2D eigenvalue weighted by Gasteiger charge is -2.27. The number of benzene rings is 10. The first kappa shape index (κ1) is 35.2. The Bertz CT molecular complexity index is 3270. The summed E-state index contributed by atoms with van der Waals surface area (Å²) in [5.41, 5.74) is 16.4. The first-order valence-corrected chi connectivity index (χ1v) is 20.6. The summed E-state index contributed by atoms with van der Waals surface area (Å²) in [6.45, 7) is 0. The molecule has 2 nitrogen and oxygen atoms in total. The summed E-state index contributed by atoms with van der Waals surface area (Å²) in [6.07, 6.45) is 0. The zero-order chi connectivity index (χ0) is 39.8. The van der Waals surface area contributed by atoms with Gasteiger partial charge in [0.1, 0.15) is 0 Å². The average molecular weight is 765 g/mol. The summed E-state index contributed by atoms with van der Waals surface area (Å²) < 4.78 is 2.42. The van der Waals surface area contributed by atoms with E-state index in [0.717, 1.165) is 28.3 Å². The van der Waals surface area contributed by atoms with Crippen molar-refractivity contribution in [2.45, 2.75) is 0 Å². The third-order valence-electron chi connectivity index (χ3n) is 11.7. The molecule has 0 aliphatic carbocycles. The van der Waals surface area contributed by atoms with Crippen molar-refractivity contribution in [1.82, 2.24) is 4.57 Å². The molecule has 1 aromatic heterocycles. The molecule has 0 radical (unpaired) electrons. The van der Waals surface area contributed by atoms with Gasteiger partial charge in [0.15, 0.2) is 0 Å². The van der Waals surface area contributed by atoms with Crippen LogP contribution in [0.4, 0.5) is 17.1 Å². The van der Waals surface area contributed by atoms with Gasteiger partial charge in [0, 0.05) is 33.5 Å². The van der Waals surface area contributed by atoms with Gasteiger partial charge in [-0.2, -0.15) is 0 Å². The van der Waals surface area contributed by atoms with Crippen LogP contribution in [0.25, 0.3) is 82.8 Å². The molecule has 11 rings (SSSR count). The van der Waals surface area contributed by atoms with Gasteiger partial charge in [-0.05, 0) is 122 Å². The summed E-state index contributed by atoms with van der Waals surface area (Å²) in [5.74, 6) is 0. The van der Waals surface area contributed by atoms with Gasteiger partial charge in [-0.15, -0.1) is 0 Å². The van der Waals surface area contributed by atoms with E-state index in [4.69, 9.17) is 0 Å². The minimum atomic E-state index is 1.09. The highest BCUT2D eigenvalue weighted by molar-refractivity contribution is 6.18. The van der Waals surface area contributed by atoms with Crippen LogP contribution in [0.15, 0.2) is 243 Å². The fraction of sp³-hybridized carbons (Fsp3) is 0. The molecule has 0 saturated heterocycles. The standard InChI is InChI=1S/C58H40N2/c1-4-15-41(16-5-1)43-29-31-44(32-30-43)45-33-35-51(36-34-45)59(52-25-12-21-46(37-52)42-17-6-2-7-18-42)53-26-13-22-49(38-53)54-27-14-28-56-58(54)55-39-47-19-10-11-20-48(47)40-57(55)60(56)50-23-8-3-9-24-50/h1-40H. The summed E-state index contributed by atoms with van der Waals surface area (Å²) in [5, 5.41) is 4.96. The van der Waals surface area contributed by atoms with Gasteiger partial charge in [-0.25, -0.2) is 0 Å². The third-order valence-corrected chi connectivity index (χ3v) is 11.7. The van der Waals surface area contributed by atoms with E-state index >= 15 is 0 Å². The zero-order valence-electron chi connectivity index (χ0n) is 33.0. The van der Waals surface area contributed by atoms with Crippen LogP contribution < -0.4 is 4.90 Å². The van der Waals surface area contributed by atoms with Gasteiger partial charge >= 0.3 is 0 Å². The van der Waals surface area contributed by atoms with Crippen molar-refractivity contribution in [3.05, 3.63) is 243 Å². The first-order chi connectivity index (χ1) is 29.7. The molecule has 60 heavy (non-hydrogen) atoms. The smallest absolute Gasteiger partial charge is 0.0547 e. The topological polar surface area (TPSA) is 8.17 Å². The molecule has 282 valence electrons. The van der Waals surface area contributed by atoms with E-state index in [-0.39, 0.29) is 0 Å². The van der Waals surface area contributed by atoms with Crippen molar-refractivity contribution in [2.24, 2.45) is 0 Å². The van der Waals surface area contributed by atoms with E-state index in [1.54, 1.807) is 0 Å². The van der Waals surface area contributed by atoms with Gasteiger partial charge in [-0.3, -0.25) is 0 Å². The number of hydrogen-bond donors (Lipinski definition) is 0. The molecule has 10 aromatic carbocycles. The van der Waals surface area contributed by atoms with Crippen LogP contribution in [0.5, 0.6) is 0 Å². The zero-order valence-corrected chi connectivity index (χ0v) is 33.0. The Morgan fingerprint density at radius 2 is 0.750 bits per heavy atom. The second-order valence-electron chi connectivity index (χ2n) is 15.4. The molecule has 2 heteroatoms. The molecule has 0 fully saturated rings. The SMILES string of the molecule is c1ccc(-c2ccc(-c3ccc(N(c4cccc(-c5ccccc5)c4)c4cccc(-c5cccc6c5c5cc7ccccc7cc5n6-c5ccccc5)c4)cc3)cc2)cc1. The second kappa shape index (κ2) is 15.1. The predicted octanol–water partition coefficient (Wildman–Crippen LogP) is 16.1. The van der Waals surface area contributed by atoms with Gasteiger partial charge in [0.05, 0.1) is 11.0 Å².